The van der Waals surface area contributed by atoms with Crippen LogP contribution >= 0.6 is 24.0 Å². The molecule has 25 heavy (non-hydrogen) atoms. The smallest absolute Gasteiger partial charge is 0.191 e. The molecular formula is C18H25IN6. The maximum atomic E-state index is 4.64. The zero-order valence-electron chi connectivity index (χ0n) is 14.6. The Labute approximate surface area is 165 Å². The zero-order chi connectivity index (χ0) is 16.8. The second-order valence-electron chi connectivity index (χ2n) is 5.67. The highest BCUT2D eigenvalue weighted by atomic mass is 127. The first kappa shape index (κ1) is 19.3. The van der Waals surface area contributed by atoms with Crippen LogP contribution in [0, 0.1) is 6.92 Å². The second kappa shape index (κ2) is 9.45. The largest absolute Gasteiger partial charge is 0.357 e. The van der Waals surface area contributed by atoms with Crippen LogP contribution in [0.25, 0.3) is 5.65 Å². The minimum atomic E-state index is 0. The van der Waals surface area contributed by atoms with Crippen LogP contribution in [0.3, 0.4) is 0 Å². The van der Waals surface area contributed by atoms with Gasteiger partial charge in [0.05, 0.1) is 12.2 Å². The summed E-state index contributed by atoms with van der Waals surface area (Å²) in [5.41, 5.74) is 3.10. The maximum Gasteiger partial charge on any atom is 0.191 e. The number of fused-ring (bicyclic) bond motifs is 1. The maximum absolute atomic E-state index is 4.64. The van der Waals surface area contributed by atoms with Gasteiger partial charge in [-0.05, 0) is 38.1 Å². The predicted molar refractivity (Wildman–Crippen MR) is 113 cm³/mol. The number of nitrogens with zero attached hydrogens (tertiary/aromatic N) is 4. The van der Waals surface area contributed by atoms with Crippen LogP contribution in [0.4, 0.5) is 0 Å². The first-order chi connectivity index (χ1) is 11.8. The van der Waals surface area contributed by atoms with Crippen molar-refractivity contribution in [1.82, 2.24) is 24.6 Å². The Hall–Kier alpha value is -2.03. The molecular weight excluding hydrogens is 427 g/mol. The van der Waals surface area contributed by atoms with Crippen molar-refractivity contribution >= 4 is 35.6 Å². The lowest BCUT2D eigenvalue weighted by Crippen LogP contribution is -2.38. The van der Waals surface area contributed by atoms with Crippen LogP contribution in [-0.4, -0.2) is 33.0 Å². The minimum Gasteiger partial charge on any atom is -0.357 e. The summed E-state index contributed by atoms with van der Waals surface area (Å²) in [5.74, 6) is 0.818. The molecule has 0 aromatic carbocycles. The van der Waals surface area contributed by atoms with Crippen LogP contribution in [0.15, 0.2) is 53.9 Å². The highest BCUT2D eigenvalue weighted by molar-refractivity contribution is 14.0. The predicted octanol–water partition coefficient (Wildman–Crippen LogP) is 2.82. The Balaban J connectivity index is 0.00000225. The Morgan fingerprint density at radius 1 is 1.16 bits per heavy atom. The summed E-state index contributed by atoms with van der Waals surface area (Å²) >= 11 is 0. The molecule has 3 heterocycles. The van der Waals surface area contributed by atoms with Gasteiger partial charge in [-0.15, -0.1) is 24.0 Å². The van der Waals surface area contributed by atoms with Crippen molar-refractivity contribution < 1.29 is 0 Å². The number of aromatic nitrogens is 3. The molecule has 3 rings (SSSR count). The van der Waals surface area contributed by atoms with Gasteiger partial charge >= 0.3 is 0 Å². The Morgan fingerprint density at radius 3 is 2.68 bits per heavy atom. The lowest BCUT2D eigenvalue weighted by atomic mass is 10.4. The third-order valence-electron chi connectivity index (χ3n) is 3.82. The molecule has 134 valence electrons. The molecule has 0 radical (unpaired) electrons. The number of guanidine groups is 1. The fourth-order valence-corrected chi connectivity index (χ4v) is 2.60. The van der Waals surface area contributed by atoms with E-state index in [4.69, 9.17) is 0 Å². The minimum absolute atomic E-state index is 0. The molecule has 0 fully saturated rings. The molecule has 0 aliphatic rings. The van der Waals surface area contributed by atoms with E-state index in [0.29, 0.717) is 6.54 Å². The molecule has 0 saturated carbocycles. The molecule has 6 nitrogen and oxygen atoms in total. The van der Waals surface area contributed by atoms with E-state index in [2.05, 4.69) is 68.1 Å². The quantitative estimate of drug-likeness (QED) is 0.344. The van der Waals surface area contributed by atoms with E-state index >= 15 is 0 Å². The Bertz CT molecular complexity index is 806. The zero-order valence-corrected chi connectivity index (χ0v) is 17.0. The van der Waals surface area contributed by atoms with E-state index in [-0.39, 0.29) is 24.0 Å². The average molecular weight is 452 g/mol. The first-order valence-electron chi connectivity index (χ1n) is 8.33. The lowest BCUT2D eigenvalue weighted by molar-refractivity contribution is 0.665. The number of hydrogen-bond donors (Lipinski definition) is 2. The van der Waals surface area contributed by atoms with Gasteiger partial charge in [0.25, 0.3) is 0 Å². The lowest BCUT2D eigenvalue weighted by Gasteiger charge is -2.11. The molecule has 0 saturated heterocycles. The van der Waals surface area contributed by atoms with Gasteiger partial charge in [0.1, 0.15) is 5.65 Å². The van der Waals surface area contributed by atoms with Gasteiger partial charge in [-0.3, -0.25) is 0 Å². The number of rotatable bonds is 6. The van der Waals surface area contributed by atoms with Crippen molar-refractivity contribution in [3.8, 4) is 0 Å². The topological polar surface area (TPSA) is 58.6 Å². The molecule has 0 atom stereocenters. The summed E-state index contributed by atoms with van der Waals surface area (Å²) in [6, 6.07) is 10.2. The number of nitrogens with one attached hydrogen (secondary N) is 2. The van der Waals surface area contributed by atoms with Crippen LogP contribution in [0.2, 0.25) is 0 Å². The van der Waals surface area contributed by atoms with Gasteiger partial charge in [-0.1, -0.05) is 6.07 Å². The van der Waals surface area contributed by atoms with Gasteiger partial charge in [0, 0.05) is 43.9 Å². The molecule has 2 N–H and O–H groups in total. The fourth-order valence-electron chi connectivity index (χ4n) is 2.60. The van der Waals surface area contributed by atoms with E-state index in [0.717, 1.165) is 36.9 Å². The molecule has 0 bridgehead atoms. The van der Waals surface area contributed by atoms with E-state index in [9.17, 15) is 0 Å². The molecule has 3 aromatic rings. The van der Waals surface area contributed by atoms with Gasteiger partial charge in [0.2, 0.25) is 0 Å². The number of aliphatic imine (C=N–C) groups is 1. The van der Waals surface area contributed by atoms with E-state index in [1.54, 1.807) is 0 Å². The monoisotopic (exact) mass is 452 g/mol. The second-order valence-corrected chi connectivity index (χ2v) is 5.67. The van der Waals surface area contributed by atoms with E-state index in [1.807, 2.05) is 24.3 Å². The summed E-state index contributed by atoms with van der Waals surface area (Å²) in [6.07, 6.45) is 6.17. The molecule has 0 aliphatic heterocycles. The van der Waals surface area contributed by atoms with Crippen LogP contribution in [-0.2, 0) is 13.1 Å². The van der Waals surface area contributed by atoms with Gasteiger partial charge in [-0.25, -0.2) is 9.98 Å². The third-order valence-corrected chi connectivity index (χ3v) is 3.82. The van der Waals surface area contributed by atoms with Crippen molar-refractivity contribution in [3.05, 3.63) is 60.3 Å². The number of imidazole rings is 1. The van der Waals surface area contributed by atoms with Gasteiger partial charge < -0.3 is 19.6 Å². The highest BCUT2D eigenvalue weighted by Gasteiger charge is 2.03. The van der Waals surface area contributed by atoms with Gasteiger partial charge in [-0.2, -0.15) is 0 Å². The SMILES string of the molecule is CCNC(=NCc1cn2c(C)cccc2n1)NCCn1cccc1.I. The fraction of sp³-hybridized carbons (Fsp3) is 0.333. The average Bonchev–Trinajstić information content (AvgIpc) is 3.22. The summed E-state index contributed by atoms with van der Waals surface area (Å²) in [6.45, 7) is 7.27. The van der Waals surface area contributed by atoms with Crippen LogP contribution < -0.4 is 10.6 Å². The van der Waals surface area contributed by atoms with Crippen molar-refractivity contribution in [3.63, 3.8) is 0 Å². The number of halogens is 1. The standard InChI is InChI=1S/C18H24N6.HI/c1-3-19-18(20-9-12-23-10-4-5-11-23)21-13-16-14-24-15(2)7-6-8-17(24)22-16;/h4-8,10-11,14H,3,9,12-13H2,1-2H3,(H2,19,20,21);1H. The number of aryl methyl sites for hydroxylation is 1. The normalized spacial score (nSPS) is 11.4. The van der Waals surface area contributed by atoms with Crippen molar-refractivity contribution in [2.45, 2.75) is 26.9 Å². The van der Waals surface area contributed by atoms with Gasteiger partial charge in [0.15, 0.2) is 5.96 Å². The Morgan fingerprint density at radius 2 is 1.96 bits per heavy atom. The molecule has 7 heteroatoms. The number of hydrogen-bond acceptors (Lipinski definition) is 2. The van der Waals surface area contributed by atoms with Crippen molar-refractivity contribution in [2.75, 3.05) is 13.1 Å². The van der Waals surface area contributed by atoms with E-state index in [1.165, 1.54) is 5.69 Å². The van der Waals surface area contributed by atoms with Crippen molar-refractivity contribution in [1.29, 1.82) is 0 Å². The van der Waals surface area contributed by atoms with E-state index < -0.39 is 0 Å². The van der Waals surface area contributed by atoms with Crippen LogP contribution in [0.1, 0.15) is 18.3 Å². The summed E-state index contributed by atoms with van der Waals surface area (Å²) in [4.78, 5) is 9.26. The van der Waals surface area contributed by atoms with Crippen LogP contribution in [0.5, 0.6) is 0 Å². The molecule has 0 amide bonds. The highest BCUT2D eigenvalue weighted by Crippen LogP contribution is 2.09. The molecule has 0 unspecified atom stereocenters. The summed E-state index contributed by atoms with van der Waals surface area (Å²) in [7, 11) is 0. The molecule has 0 spiro atoms. The van der Waals surface area contributed by atoms with Crippen molar-refractivity contribution in [2.24, 2.45) is 4.99 Å². The summed E-state index contributed by atoms with van der Waals surface area (Å²) in [5, 5.41) is 6.63. The third kappa shape index (κ3) is 5.22. The molecule has 0 aliphatic carbocycles. The Kier molecular flexibility index (Phi) is 7.30. The number of pyridine rings is 1. The molecule has 3 aromatic heterocycles. The first-order valence-corrected chi connectivity index (χ1v) is 8.33. The summed E-state index contributed by atoms with van der Waals surface area (Å²) < 4.78 is 4.23.